The minimum atomic E-state index is -0.581. The van der Waals surface area contributed by atoms with Crippen LogP contribution in [0.3, 0.4) is 0 Å². The lowest BCUT2D eigenvalue weighted by Crippen LogP contribution is -2.30. The molecule has 1 atom stereocenters. The van der Waals surface area contributed by atoms with E-state index in [1.807, 2.05) is 30.3 Å². The molecule has 0 aliphatic heterocycles. The molecule has 1 amide bonds. The Balaban J connectivity index is 1.48. The third-order valence-corrected chi connectivity index (χ3v) is 3.75. The lowest BCUT2D eigenvalue weighted by Gasteiger charge is -2.11. The molecular weight excluding hydrogens is 346 g/mol. The van der Waals surface area contributed by atoms with Crippen molar-refractivity contribution >= 4 is 11.9 Å². The van der Waals surface area contributed by atoms with Crippen LogP contribution in [0.2, 0.25) is 0 Å². The van der Waals surface area contributed by atoms with Crippen LogP contribution in [0.5, 0.6) is 11.5 Å². The fourth-order valence-electron chi connectivity index (χ4n) is 2.39. The first-order valence-electron chi connectivity index (χ1n) is 8.44. The maximum atomic E-state index is 12.1. The molecule has 1 N–H and O–H groups in total. The summed E-state index contributed by atoms with van der Waals surface area (Å²) in [6, 6.07) is 19.0. The third kappa shape index (κ3) is 5.22. The summed E-state index contributed by atoms with van der Waals surface area (Å²) >= 11 is 0. The van der Waals surface area contributed by atoms with Crippen molar-refractivity contribution in [2.75, 3.05) is 6.61 Å². The molecular formula is C21H19NO5. The van der Waals surface area contributed by atoms with Gasteiger partial charge in [0.15, 0.2) is 6.61 Å². The molecule has 6 nitrogen and oxygen atoms in total. The fraction of sp³-hybridized carbons (Fsp3) is 0.143. The molecule has 0 aliphatic rings. The van der Waals surface area contributed by atoms with Crippen molar-refractivity contribution in [3.05, 3.63) is 84.3 Å². The van der Waals surface area contributed by atoms with Gasteiger partial charge in [-0.05, 0) is 55.5 Å². The maximum Gasteiger partial charge on any atom is 0.338 e. The summed E-state index contributed by atoms with van der Waals surface area (Å²) in [7, 11) is 0. The van der Waals surface area contributed by atoms with Gasteiger partial charge in [-0.1, -0.05) is 18.2 Å². The molecule has 6 heteroatoms. The number of amides is 1. The SMILES string of the molecule is C[C@@H](NC(=O)COC(=O)c1ccc(Oc2ccccc2)cc1)c1ccco1. The Kier molecular flexibility index (Phi) is 5.89. The van der Waals surface area contributed by atoms with Crippen molar-refractivity contribution in [2.45, 2.75) is 13.0 Å². The van der Waals surface area contributed by atoms with Gasteiger partial charge < -0.3 is 19.2 Å². The van der Waals surface area contributed by atoms with Gasteiger partial charge in [-0.15, -0.1) is 0 Å². The van der Waals surface area contributed by atoms with Crippen LogP contribution in [0.1, 0.15) is 29.1 Å². The van der Waals surface area contributed by atoms with Gasteiger partial charge in [-0.3, -0.25) is 4.79 Å². The van der Waals surface area contributed by atoms with Crippen LogP contribution >= 0.6 is 0 Å². The average molecular weight is 365 g/mol. The van der Waals surface area contributed by atoms with Crippen LogP contribution < -0.4 is 10.1 Å². The van der Waals surface area contributed by atoms with E-state index in [0.717, 1.165) is 0 Å². The van der Waals surface area contributed by atoms with Gasteiger partial charge in [0.2, 0.25) is 0 Å². The number of nitrogens with one attached hydrogen (secondary N) is 1. The van der Waals surface area contributed by atoms with Crippen molar-refractivity contribution in [1.29, 1.82) is 0 Å². The van der Waals surface area contributed by atoms with Gasteiger partial charge in [0.1, 0.15) is 17.3 Å². The minimum absolute atomic E-state index is 0.305. The minimum Gasteiger partial charge on any atom is -0.467 e. The van der Waals surface area contributed by atoms with E-state index in [1.165, 1.54) is 6.26 Å². The van der Waals surface area contributed by atoms with Gasteiger partial charge in [-0.25, -0.2) is 4.79 Å². The van der Waals surface area contributed by atoms with Crippen LogP contribution in [0.25, 0.3) is 0 Å². The molecule has 0 radical (unpaired) electrons. The van der Waals surface area contributed by atoms with Crippen LogP contribution in [-0.4, -0.2) is 18.5 Å². The van der Waals surface area contributed by atoms with E-state index in [0.29, 0.717) is 22.8 Å². The number of hydrogen-bond acceptors (Lipinski definition) is 5. The Morgan fingerprint density at radius 1 is 0.963 bits per heavy atom. The Morgan fingerprint density at radius 2 is 1.67 bits per heavy atom. The quantitative estimate of drug-likeness (QED) is 0.638. The van der Waals surface area contributed by atoms with Crippen molar-refractivity contribution in [3.63, 3.8) is 0 Å². The molecule has 2 aromatic carbocycles. The third-order valence-electron chi connectivity index (χ3n) is 3.75. The summed E-state index contributed by atoms with van der Waals surface area (Å²) < 4.78 is 15.9. The standard InChI is InChI=1S/C21H19NO5/c1-15(19-8-5-13-25-19)22-20(23)14-26-21(24)16-9-11-18(12-10-16)27-17-6-3-2-4-7-17/h2-13,15H,14H2,1H3,(H,22,23)/t15-/m1/s1. The van der Waals surface area contributed by atoms with E-state index in [4.69, 9.17) is 13.9 Å². The molecule has 138 valence electrons. The highest BCUT2D eigenvalue weighted by Crippen LogP contribution is 2.21. The number of hydrogen-bond donors (Lipinski definition) is 1. The van der Waals surface area contributed by atoms with E-state index < -0.39 is 11.9 Å². The Morgan fingerprint density at radius 3 is 2.33 bits per heavy atom. The predicted molar refractivity (Wildman–Crippen MR) is 98.5 cm³/mol. The van der Waals surface area contributed by atoms with E-state index in [2.05, 4.69) is 5.32 Å². The second-order valence-corrected chi connectivity index (χ2v) is 5.82. The number of para-hydroxylation sites is 1. The number of benzene rings is 2. The molecule has 0 aliphatic carbocycles. The van der Waals surface area contributed by atoms with Gasteiger partial charge in [0.05, 0.1) is 17.9 Å². The number of carbonyl (C=O) groups excluding carboxylic acids is 2. The summed E-state index contributed by atoms with van der Waals surface area (Å²) in [5.41, 5.74) is 0.335. The second-order valence-electron chi connectivity index (χ2n) is 5.82. The van der Waals surface area contributed by atoms with Crippen LogP contribution in [0.15, 0.2) is 77.4 Å². The first kappa shape index (κ1) is 18.3. The average Bonchev–Trinajstić information content (AvgIpc) is 3.22. The Hall–Kier alpha value is -3.54. The number of ether oxygens (including phenoxy) is 2. The molecule has 1 aromatic heterocycles. The summed E-state index contributed by atoms with van der Waals surface area (Å²) in [6.07, 6.45) is 1.53. The molecule has 0 unspecified atom stereocenters. The maximum absolute atomic E-state index is 12.1. The first-order valence-corrected chi connectivity index (χ1v) is 8.44. The number of carbonyl (C=O) groups is 2. The van der Waals surface area contributed by atoms with Crippen molar-refractivity contribution < 1.29 is 23.5 Å². The van der Waals surface area contributed by atoms with E-state index in [-0.39, 0.29) is 12.6 Å². The second kappa shape index (κ2) is 8.71. The van der Waals surface area contributed by atoms with E-state index in [9.17, 15) is 9.59 Å². The molecule has 27 heavy (non-hydrogen) atoms. The molecule has 3 rings (SSSR count). The predicted octanol–water partition coefficient (Wildman–Crippen LogP) is 4.11. The van der Waals surface area contributed by atoms with Gasteiger partial charge in [0, 0.05) is 0 Å². The van der Waals surface area contributed by atoms with E-state index >= 15 is 0 Å². The van der Waals surface area contributed by atoms with Crippen molar-refractivity contribution in [2.24, 2.45) is 0 Å². The zero-order valence-electron chi connectivity index (χ0n) is 14.8. The summed E-state index contributed by atoms with van der Waals surface area (Å²) in [5.74, 6) is 0.944. The number of furan rings is 1. The van der Waals surface area contributed by atoms with Crippen molar-refractivity contribution in [3.8, 4) is 11.5 Å². The monoisotopic (exact) mass is 365 g/mol. The largest absolute Gasteiger partial charge is 0.467 e. The first-order chi connectivity index (χ1) is 13.1. The molecule has 0 saturated heterocycles. The van der Waals surface area contributed by atoms with Gasteiger partial charge >= 0.3 is 5.97 Å². The molecule has 1 heterocycles. The summed E-state index contributed by atoms with van der Waals surface area (Å²) in [6.45, 7) is 1.41. The lowest BCUT2D eigenvalue weighted by molar-refractivity contribution is -0.125. The fourth-order valence-corrected chi connectivity index (χ4v) is 2.39. The Labute approximate surface area is 156 Å². The molecule has 0 spiro atoms. The summed E-state index contributed by atoms with van der Waals surface area (Å²) in [4.78, 5) is 24.0. The summed E-state index contributed by atoms with van der Waals surface area (Å²) in [5, 5.41) is 2.70. The van der Waals surface area contributed by atoms with Crippen LogP contribution in [0.4, 0.5) is 0 Å². The highest BCUT2D eigenvalue weighted by molar-refractivity contribution is 5.91. The molecule has 3 aromatic rings. The van der Waals surface area contributed by atoms with Crippen LogP contribution in [0, 0.1) is 0 Å². The molecule has 0 fully saturated rings. The number of esters is 1. The van der Waals surface area contributed by atoms with Gasteiger partial charge in [0.25, 0.3) is 5.91 Å². The topological polar surface area (TPSA) is 77.8 Å². The normalized spacial score (nSPS) is 11.4. The number of rotatable bonds is 7. The lowest BCUT2D eigenvalue weighted by atomic mass is 10.2. The smallest absolute Gasteiger partial charge is 0.338 e. The van der Waals surface area contributed by atoms with E-state index in [1.54, 1.807) is 43.3 Å². The molecule has 0 bridgehead atoms. The van der Waals surface area contributed by atoms with Gasteiger partial charge in [-0.2, -0.15) is 0 Å². The highest BCUT2D eigenvalue weighted by Gasteiger charge is 2.14. The zero-order valence-corrected chi connectivity index (χ0v) is 14.8. The van der Waals surface area contributed by atoms with Crippen LogP contribution in [-0.2, 0) is 9.53 Å². The Bertz CT molecular complexity index is 873. The van der Waals surface area contributed by atoms with Crippen molar-refractivity contribution in [1.82, 2.24) is 5.32 Å². The molecule has 0 saturated carbocycles. The zero-order chi connectivity index (χ0) is 19.1. The highest BCUT2D eigenvalue weighted by atomic mass is 16.5.